The fourth-order valence-corrected chi connectivity index (χ4v) is 3.11. The van der Waals surface area contributed by atoms with E-state index >= 15 is 0 Å². The molecule has 0 radical (unpaired) electrons. The molecule has 0 fully saturated rings. The van der Waals surface area contributed by atoms with Crippen molar-refractivity contribution in [3.63, 3.8) is 0 Å². The monoisotopic (exact) mass is 383 g/mol. The van der Waals surface area contributed by atoms with Gasteiger partial charge in [0.15, 0.2) is 0 Å². The minimum absolute atomic E-state index is 0.147. The Morgan fingerprint density at radius 1 is 1.03 bits per heavy atom. The highest BCUT2D eigenvalue weighted by Crippen LogP contribution is 2.27. The normalized spacial score (nSPS) is 10.5. The predicted octanol–water partition coefficient (Wildman–Crippen LogP) is 5.28. The van der Waals surface area contributed by atoms with Crippen LogP contribution in [0, 0.1) is 6.92 Å². The van der Waals surface area contributed by atoms with Gasteiger partial charge in [0.2, 0.25) is 0 Å². The first-order valence-electron chi connectivity index (χ1n) is 9.38. The van der Waals surface area contributed by atoms with Crippen LogP contribution in [-0.4, -0.2) is 15.5 Å². The van der Waals surface area contributed by atoms with Crippen LogP contribution in [0.5, 0.6) is 11.5 Å². The van der Waals surface area contributed by atoms with Crippen molar-refractivity contribution >= 4 is 11.6 Å². The van der Waals surface area contributed by atoms with E-state index in [0.717, 1.165) is 22.6 Å². The van der Waals surface area contributed by atoms with Crippen molar-refractivity contribution in [2.45, 2.75) is 13.5 Å². The lowest BCUT2D eigenvalue weighted by Crippen LogP contribution is -2.17. The summed E-state index contributed by atoms with van der Waals surface area (Å²) in [5.41, 5.74) is 3.40. The van der Waals surface area contributed by atoms with Crippen LogP contribution in [0.2, 0.25) is 0 Å². The molecule has 0 bridgehead atoms. The van der Waals surface area contributed by atoms with E-state index in [4.69, 9.17) is 4.74 Å². The Labute approximate surface area is 169 Å². The molecule has 5 nitrogen and oxygen atoms in total. The van der Waals surface area contributed by atoms with E-state index in [1.807, 2.05) is 90.5 Å². The summed E-state index contributed by atoms with van der Waals surface area (Å²) in [7, 11) is 0. The zero-order valence-corrected chi connectivity index (χ0v) is 16.1. The van der Waals surface area contributed by atoms with Gasteiger partial charge in [-0.05, 0) is 60.5 Å². The van der Waals surface area contributed by atoms with Crippen molar-refractivity contribution in [3.05, 3.63) is 108 Å². The van der Waals surface area contributed by atoms with E-state index in [1.165, 1.54) is 0 Å². The van der Waals surface area contributed by atoms with Gasteiger partial charge in [0.25, 0.3) is 5.91 Å². The van der Waals surface area contributed by atoms with Gasteiger partial charge in [-0.1, -0.05) is 30.3 Å². The molecule has 5 heteroatoms. The van der Waals surface area contributed by atoms with Crippen LogP contribution < -0.4 is 10.1 Å². The number of nitrogens with one attached hydrogen (secondary N) is 1. The molecule has 0 aliphatic rings. The van der Waals surface area contributed by atoms with Gasteiger partial charge in [0, 0.05) is 24.6 Å². The molecule has 0 unspecified atom stereocenters. The van der Waals surface area contributed by atoms with Crippen LogP contribution in [-0.2, 0) is 6.54 Å². The first-order chi connectivity index (χ1) is 14.2. The number of pyridine rings is 1. The maximum Gasteiger partial charge on any atom is 0.272 e. The Morgan fingerprint density at radius 3 is 2.66 bits per heavy atom. The van der Waals surface area contributed by atoms with Crippen molar-refractivity contribution in [2.75, 3.05) is 5.32 Å². The van der Waals surface area contributed by atoms with Gasteiger partial charge in [-0.3, -0.25) is 9.78 Å². The second kappa shape index (κ2) is 8.44. The Hall–Kier alpha value is -3.86. The first-order valence-corrected chi connectivity index (χ1v) is 9.38. The molecule has 29 heavy (non-hydrogen) atoms. The van der Waals surface area contributed by atoms with Crippen LogP contribution in [0.3, 0.4) is 0 Å². The number of hydrogen-bond acceptors (Lipinski definition) is 3. The molecule has 2 heterocycles. The second-order valence-electron chi connectivity index (χ2n) is 6.73. The molecule has 4 rings (SSSR count). The van der Waals surface area contributed by atoms with Crippen LogP contribution in [0.1, 0.15) is 21.6 Å². The van der Waals surface area contributed by atoms with Crippen molar-refractivity contribution in [1.82, 2.24) is 9.55 Å². The van der Waals surface area contributed by atoms with Crippen LogP contribution in [0.4, 0.5) is 5.69 Å². The molecule has 0 aliphatic carbocycles. The van der Waals surface area contributed by atoms with Crippen LogP contribution >= 0.6 is 0 Å². The fourth-order valence-electron chi connectivity index (χ4n) is 3.11. The number of aromatic nitrogens is 2. The number of benzene rings is 2. The predicted molar refractivity (Wildman–Crippen MR) is 113 cm³/mol. The highest BCUT2D eigenvalue weighted by atomic mass is 16.5. The smallest absolute Gasteiger partial charge is 0.272 e. The van der Waals surface area contributed by atoms with Crippen molar-refractivity contribution in [1.29, 1.82) is 0 Å². The Morgan fingerprint density at radius 2 is 1.90 bits per heavy atom. The molecule has 2 aromatic heterocycles. The summed E-state index contributed by atoms with van der Waals surface area (Å²) < 4.78 is 7.79. The number of ether oxygens (including phenoxy) is 1. The molecule has 0 aliphatic heterocycles. The number of rotatable bonds is 6. The third-order valence-corrected chi connectivity index (χ3v) is 4.55. The molecule has 0 spiro atoms. The molecule has 1 N–H and O–H groups in total. The van der Waals surface area contributed by atoms with Gasteiger partial charge in [-0.15, -0.1) is 0 Å². The van der Waals surface area contributed by atoms with Crippen LogP contribution in [0.25, 0.3) is 0 Å². The standard InChI is InChI=1S/C24H21N3O2/c1-18-15-20(11-12-23(18)29-21-9-5-13-25-16-21)26-24(28)22-10-6-14-27(22)17-19-7-3-2-4-8-19/h2-16H,17H2,1H3,(H,26,28). The molecule has 0 saturated heterocycles. The summed E-state index contributed by atoms with van der Waals surface area (Å²) in [4.78, 5) is 16.9. The number of aryl methyl sites for hydroxylation is 1. The van der Waals surface area contributed by atoms with E-state index in [9.17, 15) is 4.79 Å². The maximum absolute atomic E-state index is 12.8. The van der Waals surface area contributed by atoms with Gasteiger partial charge >= 0.3 is 0 Å². The molecule has 0 saturated carbocycles. The highest BCUT2D eigenvalue weighted by molar-refractivity contribution is 6.03. The lowest BCUT2D eigenvalue weighted by Gasteiger charge is -2.12. The van der Waals surface area contributed by atoms with Gasteiger partial charge in [0.1, 0.15) is 17.2 Å². The molecule has 144 valence electrons. The number of hydrogen-bond donors (Lipinski definition) is 1. The average Bonchev–Trinajstić information content (AvgIpc) is 3.20. The topological polar surface area (TPSA) is 56.2 Å². The lowest BCUT2D eigenvalue weighted by molar-refractivity contribution is 0.101. The zero-order chi connectivity index (χ0) is 20.1. The third kappa shape index (κ3) is 4.52. The molecule has 1 amide bonds. The summed E-state index contributed by atoms with van der Waals surface area (Å²) in [6, 6.07) is 23.0. The quantitative estimate of drug-likeness (QED) is 0.492. The van der Waals surface area contributed by atoms with Crippen molar-refractivity contribution in [3.8, 4) is 11.5 Å². The van der Waals surface area contributed by atoms with Gasteiger partial charge in [-0.25, -0.2) is 0 Å². The maximum atomic E-state index is 12.8. The first kappa shape index (κ1) is 18.5. The van der Waals surface area contributed by atoms with Gasteiger partial charge < -0.3 is 14.6 Å². The molecule has 4 aromatic rings. The van der Waals surface area contributed by atoms with Crippen molar-refractivity contribution in [2.24, 2.45) is 0 Å². The Balaban J connectivity index is 1.46. The van der Waals surface area contributed by atoms with Gasteiger partial charge in [-0.2, -0.15) is 0 Å². The van der Waals surface area contributed by atoms with E-state index in [1.54, 1.807) is 12.4 Å². The summed E-state index contributed by atoms with van der Waals surface area (Å²) in [5.74, 6) is 1.25. The second-order valence-corrected chi connectivity index (χ2v) is 6.73. The number of anilines is 1. The molecular formula is C24H21N3O2. The van der Waals surface area contributed by atoms with E-state index in [2.05, 4.69) is 10.3 Å². The lowest BCUT2D eigenvalue weighted by atomic mass is 10.2. The third-order valence-electron chi connectivity index (χ3n) is 4.55. The Kier molecular flexibility index (Phi) is 5.38. The average molecular weight is 383 g/mol. The molecule has 0 atom stereocenters. The molecular weight excluding hydrogens is 362 g/mol. The van der Waals surface area contributed by atoms with E-state index in [-0.39, 0.29) is 5.91 Å². The number of amides is 1. The Bertz CT molecular complexity index is 1110. The summed E-state index contributed by atoms with van der Waals surface area (Å²) in [6.07, 6.45) is 5.28. The SMILES string of the molecule is Cc1cc(NC(=O)c2cccn2Cc2ccccc2)ccc1Oc1cccnc1. The number of nitrogens with zero attached hydrogens (tertiary/aromatic N) is 2. The summed E-state index contributed by atoms with van der Waals surface area (Å²) in [5, 5.41) is 2.97. The van der Waals surface area contributed by atoms with Crippen molar-refractivity contribution < 1.29 is 9.53 Å². The number of carbonyl (C=O) groups excluding carboxylic acids is 1. The highest BCUT2D eigenvalue weighted by Gasteiger charge is 2.12. The summed E-state index contributed by atoms with van der Waals surface area (Å²) >= 11 is 0. The van der Waals surface area contributed by atoms with E-state index < -0.39 is 0 Å². The molecule has 2 aromatic carbocycles. The largest absolute Gasteiger partial charge is 0.455 e. The number of carbonyl (C=O) groups is 1. The fraction of sp³-hybridized carbons (Fsp3) is 0.0833. The minimum atomic E-state index is -0.147. The summed E-state index contributed by atoms with van der Waals surface area (Å²) in [6.45, 7) is 2.59. The minimum Gasteiger partial charge on any atom is -0.455 e. The van der Waals surface area contributed by atoms with Crippen LogP contribution in [0.15, 0.2) is 91.4 Å². The van der Waals surface area contributed by atoms with E-state index in [0.29, 0.717) is 18.0 Å². The van der Waals surface area contributed by atoms with Gasteiger partial charge in [0.05, 0.1) is 6.20 Å². The zero-order valence-electron chi connectivity index (χ0n) is 16.1.